The molecule has 0 saturated carbocycles. The molecule has 0 bridgehead atoms. The second kappa shape index (κ2) is 6.68. The fourth-order valence-electron chi connectivity index (χ4n) is 2.67. The van der Waals surface area contributed by atoms with Gasteiger partial charge in [-0.05, 0) is 29.8 Å². The van der Waals surface area contributed by atoms with Crippen LogP contribution in [0.5, 0.6) is 5.75 Å². The first-order chi connectivity index (χ1) is 12.7. The highest BCUT2D eigenvalue weighted by molar-refractivity contribution is 7.17. The monoisotopic (exact) mass is 369 g/mol. The molecule has 0 aliphatic heterocycles. The number of rotatable bonds is 4. The zero-order valence-electron chi connectivity index (χ0n) is 13.7. The first-order valence-electron chi connectivity index (χ1n) is 7.74. The molecule has 26 heavy (non-hydrogen) atoms. The fourth-order valence-corrected chi connectivity index (χ4v) is 3.59. The van der Waals surface area contributed by atoms with Crippen LogP contribution < -0.4 is 10.1 Å². The van der Waals surface area contributed by atoms with Gasteiger partial charge in [0.1, 0.15) is 34.4 Å². The number of nitrogens with one attached hydrogen (secondary N) is 1. The van der Waals surface area contributed by atoms with Crippen LogP contribution in [0.2, 0.25) is 0 Å². The SMILES string of the molecule is COc1ccc(-c2csc3ncnc(Nc4ccc(F)cc4F)c23)cc1. The molecule has 0 radical (unpaired) electrons. The molecule has 0 aliphatic rings. The third-order valence-electron chi connectivity index (χ3n) is 3.96. The largest absolute Gasteiger partial charge is 0.497 e. The molecule has 2 aromatic heterocycles. The Balaban J connectivity index is 1.81. The van der Waals surface area contributed by atoms with Gasteiger partial charge in [0.25, 0.3) is 0 Å². The lowest BCUT2D eigenvalue weighted by Crippen LogP contribution is -1.98. The molecule has 0 fully saturated rings. The predicted octanol–water partition coefficient (Wildman–Crippen LogP) is 5.39. The van der Waals surface area contributed by atoms with E-state index in [1.807, 2.05) is 29.6 Å². The lowest BCUT2D eigenvalue weighted by Gasteiger charge is -2.09. The van der Waals surface area contributed by atoms with E-state index in [-0.39, 0.29) is 5.69 Å². The Bertz CT molecular complexity index is 1080. The number of hydrogen-bond donors (Lipinski definition) is 1. The highest BCUT2D eigenvalue weighted by Crippen LogP contribution is 2.38. The van der Waals surface area contributed by atoms with Crippen LogP contribution in [0.3, 0.4) is 0 Å². The summed E-state index contributed by atoms with van der Waals surface area (Å²) in [5, 5.41) is 5.71. The van der Waals surface area contributed by atoms with Gasteiger partial charge in [0.05, 0.1) is 18.2 Å². The van der Waals surface area contributed by atoms with Crippen molar-refractivity contribution in [3.8, 4) is 16.9 Å². The molecule has 4 nitrogen and oxygen atoms in total. The molecular formula is C19H13F2N3OS. The van der Waals surface area contributed by atoms with Gasteiger partial charge < -0.3 is 10.1 Å². The molecule has 7 heteroatoms. The second-order valence-corrected chi connectivity index (χ2v) is 6.39. The highest BCUT2D eigenvalue weighted by atomic mass is 32.1. The van der Waals surface area contributed by atoms with Crippen molar-refractivity contribution in [3.05, 3.63) is 65.8 Å². The number of halogens is 2. The summed E-state index contributed by atoms with van der Waals surface area (Å²) < 4.78 is 32.3. The Morgan fingerprint density at radius 2 is 1.85 bits per heavy atom. The quantitative estimate of drug-likeness (QED) is 0.524. The minimum absolute atomic E-state index is 0.151. The van der Waals surface area contributed by atoms with Crippen molar-refractivity contribution in [3.63, 3.8) is 0 Å². The maximum absolute atomic E-state index is 14.0. The van der Waals surface area contributed by atoms with E-state index in [1.165, 1.54) is 29.8 Å². The van der Waals surface area contributed by atoms with Gasteiger partial charge in [0, 0.05) is 17.0 Å². The van der Waals surface area contributed by atoms with E-state index in [0.717, 1.165) is 33.2 Å². The Morgan fingerprint density at radius 3 is 2.58 bits per heavy atom. The molecule has 0 saturated heterocycles. The topological polar surface area (TPSA) is 47.0 Å². The number of aromatic nitrogens is 2. The van der Waals surface area contributed by atoms with Gasteiger partial charge in [-0.3, -0.25) is 0 Å². The number of thiophene rings is 1. The van der Waals surface area contributed by atoms with Crippen LogP contribution in [0.15, 0.2) is 54.2 Å². The normalized spacial score (nSPS) is 10.9. The molecule has 0 spiro atoms. The molecule has 0 aliphatic carbocycles. The van der Waals surface area contributed by atoms with Crippen LogP contribution in [0.1, 0.15) is 0 Å². The molecule has 0 unspecified atom stereocenters. The van der Waals surface area contributed by atoms with E-state index >= 15 is 0 Å². The van der Waals surface area contributed by atoms with Crippen LogP contribution in [-0.2, 0) is 0 Å². The Kier molecular flexibility index (Phi) is 4.22. The number of anilines is 2. The summed E-state index contributed by atoms with van der Waals surface area (Å²) in [7, 11) is 1.61. The van der Waals surface area contributed by atoms with Crippen molar-refractivity contribution in [1.82, 2.24) is 9.97 Å². The van der Waals surface area contributed by atoms with E-state index in [1.54, 1.807) is 7.11 Å². The predicted molar refractivity (Wildman–Crippen MR) is 99.0 cm³/mol. The first kappa shape index (κ1) is 16.4. The standard InChI is InChI=1S/C19H13F2N3OS/c1-25-13-5-2-11(3-6-13)14-9-26-19-17(14)18(22-10-23-19)24-16-7-4-12(20)8-15(16)21/h2-10H,1H3,(H,22,23,24). The van der Waals surface area contributed by atoms with E-state index in [2.05, 4.69) is 15.3 Å². The van der Waals surface area contributed by atoms with Crippen molar-refractivity contribution in [2.75, 3.05) is 12.4 Å². The van der Waals surface area contributed by atoms with Gasteiger partial charge in [-0.1, -0.05) is 12.1 Å². The smallest absolute Gasteiger partial charge is 0.149 e. The average Bonchev–Trinajstić information content (AvgIpc) is 3.09. The van der Waals surface area contributed by atoms with Crippen molar-refractivity contribution in [1.29, 1.82) is 0 Å². The van der Waals surface area contributed by atoms with Crippen LogP contribution in [0.4, 0.5) is 20.3 Å². The third-order valence-corrected chi connectivity index (χ3v) is 4.84. The number of benzene rings is 2. The number of hydrogen-bond acceptors (Lipinski definition) is 5. The van der Waals surface area contributed by atoms with E-state index in [9.17, 15) is 8.78 Å². The molecule has 4 aromatic rings. The van der Waals surface area contributed by atoms with Gasteiger partial charge in [-0.2, -0.15) is 0 Å². The van der Waals surface area contributed by atoms with Crippen LogP contribution in [-0.4, -0.2) is 17.1 Å². The summed E-state index contributed by atoms with van der Waals surface area (Å²) in [6, 6.07) is 11.0. The molecule has 0 amide bonds. The number of nitrogens with zero attached hydrogens (tertiary/aromatic N) is 2. The lowest BCUT2D eigenvalue weighted by molar-refractivity contribution is 0.415. The van der Waals surface area contributed by atoms with Crippen molar-refractivity contribution < 1.29 is 13.5 Å². The van der Waals surface area contributed by atoms with Gasteiger partial charge in [0.2, 0.25) is 0 Å². The van der Waals surface area contributed by atoms with E-state index in [4.69, 9.17) is 4.74 Å². The summed E-state index contributed by atoms with van der Waals surface area (Å²) in [5.41, 5.74) is 2.05. The Labute approximate surface area is 152 Å². The number of fused-ring (bicyclic) bond motifs is 1. The van der Waals surface area contributed by atoms with Crippen LogP contribution in [0.25, 0.3) is 21.3 Å². The summed E-state index contributed by atoms with van der Waals surface area (Å²) in [6.07, 6.45) is 1.42. The summed E-state index contributed by atoms with van der Waals surface area (Å²) in [5.74, 6) is -0.0860. The summed E-state index contributed by atoms with van der Waals surface area (Å²) >= 11 is 1.47. The van der Waals surface area contributed by atoms with Gasteiger partial charge in [-0.15, -0.1) is 11.3 Å². The molecule has 2 aromatic carbocycles. The molecule has 0 atom stereocenters. The molecule has 1 N–H and O–H groups in total. The fraction of sp³-hybridized carbons (Fsp3) is 0.0526. The van der Waals surface area contributed by atoms with Crippen molar-refractivity contribution in [2.24, 2.45) is 0 Å². The maximum Gasteiger partial charge on any atom is 0.149 e. The average molecular weight is 369 g/mol. The Morgan fingerprint density at radius 1 is 1.04 bits per heavy atom. The highest BCUT2D eigenvalue weighted by Gasteiger charge is 2.15. The van der Waals surface area contributed by atoms with Crippen molar-refractivity contribution in [2.45, 2.75) is 0 Å². The van der Waals surface area contributed by atoms with Crippen LogP contribution in [0, 0.1) is 11.6 Å². The summed E-state index contributed by atoms with van der Waals surface area (Å²) in [6.45, 7) is 0. The molecule has 4 rings (SSSR count). The zero-order chi connectivity index (χ0) is 18.1. The second-order valence-electron chi connectivity index (χ2n) is 5.53. The minimum atomic E-state index is -0.682. The molecular weight excluding hydrogens is 356 g/mol. The zero-order valence-corrected chi connectivity index (χ0v) is 14.5. The number of ether oxygens (including phenoxy) is 1. The maximum atomic E-state index is 14.0. The summed E-state index contributed by atoms with van der Waals surface area (Å²) in [4.78, 5) is 9.32. The Hall–Kier alpha value is -3.06. The van der Waals surface area contributed by atoms with Crippen molar-refractivity contribution >= 4 is 33.1 Å². The van der Waals surface area contributed by atoms with E-state index < -0.39 is 11.6 Å². The van der Waals surface area contributed by atoms with Gasteiger partial charge >= 0.3 is 0 Å². The van der Waals surface area contributed by atoms with Gasteiger partial charge in [0.15, 0.2) is 0 Å². The first-order valence-corrected chi connectivity index (χ1v) is 8.62. The molecule has 130 valence electrons. The lowest BCUT2D eigenvalue weighted by atomic mass is 10.1. The minimum Gasteiger partial charge on any atom is -0.497 e. The third kappa shape index (κ3) is 2.97. The van der Waals surface area contributed by atoms with E-state index in [0.29, 0.717) is 5.82 Å². The van der Waals surface area contributed by atoms with Crippen LogP contribution >= 0.6 is 11.3 Å². The molecule has 2 heterocycles. The number of methoxy groups -OCH3 is 1. The van der Waals surface area contributed by atoms with Gasteiger partial charge in [-0.25, -0.2) is 18.7 Å².